The average molecular weight is 401 g/mol. The number of hydrogen-bond acceptors (Lipinski definition) is 6. The summed E-state index contributed by atoms with van der Waals surface area (Å²) in [6.07, 6.45) is 2.41. The van der Waals surface area contributed by atoms with Crippen molar-refractivity contribution in [2.75, 3.05) is 18.0 Å². The summed E-state index contributed by atoms with van der Waals surface area (Å²) in [5, 5.41) is 16.0. The minimum Gasteiger partial charge on any atom is -0.478 e. The number of nitrogens with zero attached hydrogens (tertiary/aromatic N) is 5. The van der Waals surface area contributed by atoms with Gasteiger partial charge in [-0.3, -0.25) is 4.79 Å². The van der Waals surface area contributed by atoms with Crippen LogP contribution in [0.1, 0.15) is 20.3 Å². The SMILES string of the molecule is CC(C)(Oc1ccc(Cl)cc1)C(=O)N[C@H]1CCN(c2ccc3nncn3n2)C1. The molecule has 1 fully saturated rings. The van der Waals surface area contributed by atoms with Crippen LogP contribution >= 0.6 is 11.6 Å². The van der Waals surface area contributed by atoms with Crippen molar-refractivity contribution in [1.82, 2.24) is 25.1 Å². The Bertz CT molecular complexity index is 988. The van der Waals surface area contributed by atoms with E-state index in [0.29, 0.717) is 23.0 Å². The van der Waals surface area contributed by atoms with Gasteiger partial charge in [-0.1, -0.05) is 11.6 Å². The zero-order valence-electron chi connectivity index (χ0n) is 15.7. The maximum absolute atomic E-state index is 12.8. The van der Waals surface area contributed by atoms with Crippen molar-refractivity contribution in [3.05, 3.63) is 47.7 Å². The van der Waals surface area contributed by atoms with Gasteiger partial charge in [-0.15, -0.1) is 15.3 Å². The normalized spacial score (nSPS) is 17.1. The fraction of sp³-hybridized carbons (Fsp3) is 0.368. The van der Waals surface area contributed by atoms with E-state index in [0.717, 1.165) is 18.8 Å². The zero-order chi connectivity index (χ0) is 19.7. The maximum Gasteiger partial charge on any atom is 0.263 e. The zero-order valence-corrected chi connectivity index (χ0v) is 16.4. The van der Waals surface area contributed by atoms with Gasteiger partial charge in [0.2, 0.25) is 0 Å². The van der Waals surface area contributed by atoms with Gasteiger partial charge in [0.05, 0.1) is 0 Å². The average Bonchev–Trinajstić information content (AvgIpc) is 3.32. The molecule has 146 valence electrons. The highest BCUT2D eigenvalue weighted by molar-refractivity contribution is 6.30. The Morgan fingerprint density at radius 2 is 2.04 bits per heavy atom. The third-order valence-corrected chi connectivity index (χ3v) is 4.98. The van der Waals surface area contributed by atoms with Crippen LogP contribution in [0.3, 0.4) is 0 Å². The summed E-state index contributed by atoms with van der Waals surface area (Å²) in [6.45, 7) is 5.00. The van der Waals surface area contributed by atoms with Crippen molar-refractivity contribution in [2.24, 2.45) is 0 Å². The summed E-state index contributed by atoms with van der Waals surface area (Å²) in [4.78, 5) is 14.9. The minimum atomic E-state index is -0.999. The van der Waals surface area contributed by atoms with E-state index in [4.69, 9.17) is 16.3 Å². The van der Waals surface area contributed by atoms with E-state index in [1.807, 2.05) is 12.1 Å². The summed E-state index contributed by atoms with van der Waals surface area (Å²) >= 11 is 5.90. The first kappa shape index (κ1) is 18.5. The molecule has 1 atom stereocenters. The molecule has 1 N–H and O–H groups in total. The topological polar surface area (TPSA) is 84.6 Å². The van der Waals surface area contributed by atoms with Gasteiger partial charge in [-0.05, 0) is 56.7 Å². The van der Waals surface area contributed by atoms with E-state index in [1.54, 1.807) is 49.0 Å². The van der Waals surface area contributed by atoms with Gasteiger partial charge in [0.1, 0.15) is 17.9 Å². The minimum absolute atomic E-state index is 0.0269. The van der Waals surface area contributed by atoms with E-state index < -0.39 is 5.60 Å². The molecule has 0 aliphatic carbocycles. The van der Waals surface area contributed by atoms with Crippen molar-refractivity contribution in [3.63, 3.8) is 0 Å². The molecule has 3 heterocycles. The molecule has 0 unspecified atom stereocenters. The monoisotopic (exact) mass is 400 g/mol. The van der Waals surface area contributed by atoms with Gasteiger partial charge in [0.15, 0.2) is 11.2 Å². The number of nitrogens with one attached hydrogen (secondary N) is 1. The molecular formula is C19H21ClN6O2. The molecule has 4 rings (SSSR count). The van der Waals surface area contributed by atoms with Gasteiger partial charge in [0, 0.05) is 24.2 Å². The van der Waals surface area contributed by atoms with E-state index >= 15 is 0 Å². The number of carbonyl (C=O) groups excluding carboxylic acids is 1. The van der Waals surface area contributed by atoms with Crippen molar-refractivity contribution in [1.29, 1.82) is 0 Å². The second kappa shape index (κ2) is 7.27. The highest BCUT2D eigenvalue weighted by Gasteiger charge is 2.34. The van der Waals surface area contributed by atoms with Gasteiger partial charge in [0.25, 0.3) is 5.91 Å². The van der Waals surface area contributed by atoms with Gasteiger partial charge in [-0.2, -0.15) is 4.52 Å². The van der Waals surface area contributed by atoms with Crippen LogP contribution in [0.5, 0.6) is 5.75 Å². The summed E-state index contributed by atoms with van der Waals surface area (Å²) in [6, 6.07) is 10.8. The van der Waals surface area contributed by atoms with Crippen molar-refractivity contribution in [3.8, 4) is 5.75 Å². The second-order valence-electron chi connectivity index (χ2n) is 7.30. The Hall–Kier alpha value is -2.87. The molecule has 2 aromatic heterocycles. The molecule has 0 radical (unpaired) electrons. The Morgan fingerprint density at radius 3 is 2.82 bits per heavy atom. The predicted molar refractivity (Wildman–Crippen MR) is 106 cm³/mol. The lowest BCUT2D eigenvalue weighted by Crippen LogP contribution is -2.50. The Labute approximate surface area is 167 Å². The number of fused-ring (bicyclic) bond motifs is 1. The lowest BCUT2D eigenvalue weighted by Gasteiger charge is -2.27. The number of anilines is 1. The van der Waals surface area contributed by atoms with Crippen LogP contribution < -0.4 is 15.0 Å². The largest absolute Gasteiger partial charge is 0.478 e. The quantitative estimate of drug-likeness (QED) is 0.707. The van der Waals surface area contributed by atoms with Crippen LogP contribution in [0.4, 0.5) is 5.82 Å². The smallest absolute Gasteiger partial charge is 0.263 e. The second-order valence-corrected chi connectivity index (χ2v) is 7.73. The predicted octanol–water partition coefficient (Wildman–Crippen LogP) is 2.33. The Morgan fingerprint density at radius 1 is 1.25 bits per heavy atom. The third-order valence-electron chi connectivity index (χ3n) is 4.73. The Balaban J connectivity index is 1.37. The lowest BCUT2D eigenvalue weighted by molar-refractivity contribution is -0.134. The molecule has 1 aliphatic rings. The molecule has 9 heteroatoms. The molecule has 28 heavy (non-hydrogen) atoms. The standard InChI is InChI=1S/C19H21ClN6O2/c1-19(2,28-15-5-3-13(20)4-6-15)18(27)22-14-9-10-25(11-14)17-8-7-16-23-21-12-26(16)24-17/h3-8,12,14H,9-11H2,1-2H3,(H,22,27)/t14-/m0/s1. The van der Waals surface area contributed by atoms with Crippen molar-refractivity contribution >= 4 is 29.0 Å². The molecule has 1 amide bonds. The molecule has 1 aromatic carbocycles. The molecule has 0 saturated carbocycles. The first-order valence-electron chi connectivity index (χ1n) is 9.08. The van der Waals surface area contributed by atoms with E-state index in [2.05, 4.69) is 25.5 Å². The van der Waals surface area contributed by atoms with Crippen LogP contribution in [-0.2, 0) is 4.79 Å². The van der Waals surface area contributed by atoms with Crippen molar-refractivity contribution in [2.45, 2.75) is 31.9 Å². The molecule has 0 spiro atoms. The van der Waals surface area contributed by atoms with Gasteiger partial charge < -0.3 is 15.0 Å². The molecule has 1 saturated heterocycles. The number of rotatable bonds is 5. The summed E-state index contributed by atoms with van der Waals surface area (Å²) in [7, 11) is 0. The highest BCUT2D eigenvalue weighted by Crippen LogP contribution is 2.22. The summed E-state index contributed by atoms with van der Waals surface area (Å²) in [5.74, 6) is 1.28. The van der Waals surface area contributed by atoms with E-state index in [-0.39, 0.29) is 11.9 Å². The summed E-state index contributed by atoms with van der Waals surface area (Å²) in [5.41, 5.74) is -0.296. The van der Waals surface area contributed by atoms with E-state index in [9.17, 15) is 4.79 Å². The van der Waals surface area contributed by atoms with Crippen LogP contribution in [0.15, 0.2) is 42.7 Å². The van der Waals surface area contributed by atoms with E-state index in [1.165, 1.54) is 0 Å². The first-order valence-corrected chi connectivity index (χ1v) is 9.46. The van der Waals surface area contributed by atoms with Crippen LogP contribution in [-0.4, -0.2) is 50.5 Å². The van der Waals surface area contributed by atoms with Gasteiger partial charge in [-0.25, -0.2) is 0 Å². The van der Waals surface area contributed by atoms with Crippen molar-refractivity contribution < 1.29 is 9.53 Å². The number of benzene rings is 1. The number of hydrogen-bond donors (Lipinski definition) is 1. The molecule has 8 nitrogen and oxygen atoms in total. The first-order chi connectivity index (χ1) is 13.4. The highest BCUT2D eigenvalue weighted by atomic mass is 35.5. The fourth-order valence-electron chi connectivity index (χ4n) is 3.18. The number of ether oxygens (including phenoxy) is 1. The van der Waals surface area contributed by atoms with Crippen LogP contribution in [0.2, 0.25) is 5.02 Å². The number of aromatic nitrogens is 4. The molecule has 1 aliphatic heterocycles. The molecule has 3 aromatic rings. The third kappa shape index (κ3) is 3.87. The number of amides is 1. The molecule has 0 bridgehead atoms. The lowest BCUT2D eigenvalue weighted by atomic mass is 10.1. The molecular weight excluding hydrogens is 380 g/mol. The van der Waals surface area contributed by atoms with Gasteiger partial charge >= 0.3 is 0 Å². The van der Waals surface area contributed by atoms with Crippen LogP contribution in [0.25, 0.3) is 5.65 Å². The number of carbonyl (C=O) groups is 1. The summed E-state index contributed by atoms with van der Waals surface area (Å²) < 4.78 is 7.51. The number of halogens is 1. The maximum atomic E-state index is 12.8. The fourth-order valence-corrected chi connectivity index (χ4v) is 3.30. The Kier molecular flexibility index (Phi) is 4.80. The van der Waals surface area contributed by atoms with Crippen LogP contribution in [0, 0.1) is 0 Å².